The first-order chi connectivity index (χ1) is 6.66. The van der Waals surface area contributed by atoms with E-state index in [1.807, 2.05) is 0 Å². The van der Waals surface area contributed by atoms with Crippen LogP contribution in [-0.4, -0.2) is 16.7 Å². The van der Waals surface area contributed by atoms with Gasteiger partial charge in [-0.05, 0) is 12.8 Å². The molecule has 0 radical (unpaired) electrons. The van der Waals surface area contributed by atoms with Gasteiger partial charge in [0.1, 0.15) is 10.7 Å². The Morgan fingerprint density at radius 2 is 2.29 bits per heavy atom. The van der Waals surface area contributed by atoms with Crippen LogP contribution in [-0.2, 0) is 17.6 Å². The Morgan fingerprint density at radius 1 is 1.50 bits per heavy atom. The quantitative estimate of drug-likeness (QED) is 0.780. The Morgan fingerprint density at radius 3 is 2.93 bits per heavy atom. The SMILES string of the molecule is NC(=O)Cc1nc2c(s1)CCCC2=O. The molecule has 0 aromatic carbocycles. The molecule has 0 unspecified atom stereocenters. The van der Waals surface area contributed by atoms with E-state index in [1.54, 1.807) is 0 Å². The molecule has 1 aliphatic carbocycles. The van der Waals surface area contributed by atoms with Gasteiger partial charge in [0, 0.05) is 11.3 Å². The lowest BCUT2D eigenvalue weighted by atomic mass is 10.0. The Kier molecular flexibility index (Phi) is 2.33. The molecule has 2 N–H and O–H groups in total. The van der Waals surface area contributed by atoms with Crippen molar-refractivity contribution >= 4 is 23.0 Å². The first-order valence-corrected chi connectivity index (χ1v) is 5.28. The van der Waals surface area contributed by atoms with Crippen LogP contribution in [0.1, 0.15) is 33.2 Å². The second-order valence-electron chi connectivity index (χ2n) is 3.30. The third-order valence-electron chi connectivity index (χ3n) is 2.14. The molecule has 1 heterocycles. The molecule has 14 heavy (non-hydrogen) atoms. The average molecular weight is 210 g/mol. The van der Waals surface area contributed by atoms with E-state index in [0.717, 1.165) is 17.7 Å². The minimum absolute atomic E-state index is 0.0956. The summed E-state index contributed by atoms with van der Waals surface area (Å²) in [4.78, 5) is 27.2. The van der Waals surface area contributed by atoms with Crippen molar-refractivity contribution < 1.29 is 9.59 Å². The fourth-order valence-corrected chi connectivity index (χ4v) is 2.68. The third kappa shape index (κ3) is 1.68. The molecule has 0 fully saturated rings. The number of Topliss-reactive ketones (excluding diaryl/α,β-unsaturated/α-hetero) is 1. The molecule has 1 aliphatic rings. The zero-order chi connectivity index (χ0) is 10.1. The summed E-state index contributed by atoms with van der Waals surface area (Å²) in [5, 5.41) is 0.665. The number of thiazole rings is 1. The summed E-state index contributed by atoms with van der Waals surface area (Å²) in [6.07, 6.45) is 2.51. The molecule has 2 rings (SSSR count). The number of carbonyl (C=O) groups is 2. The van der Waals surface area contributed by atoms with E-state index >= 15 is 0 Å². The zero-order valence-electron chi connectivity index (χ0n) is 7.58. The van der Waals surface area contributed by atoms with Crippen LogP contribution in [0.2, 0.25) is 0 Å². The molecule has 0 saturated heterocycles. The topological polar surface area (TPSA) is 73.1 Å². The maximum atomic E-state index is 11.4. The number of hydrogen-bond acceptors (Lipinski definition) is 4. The Hall–Kier alpha value is -1.23. The van der Waals surface area contributed by atoms with Crippen molar-refractivity contribution in [1.82, 2.24) is 4.98 Å². The standard InChI is InChI=1S/C9H10N2O2S/c10-7(13)4-8-11-9-5(12)2-1-3-6(9)14-8/h1-4H2,(H2,10,13). The van der Waals surface area contributed by atoms with Crippen LogP contribution in [0.5, 0.6) is 0 Å². The van der Waals surface area contributed by atoms with Crippen molar-refractivity contribution in [2.75, 3.05) is 0 Å². The summed E-state index contributed by atoms with van der Waals surface area (Å²) < 4.78 is 0. The highest BCUT2D eigenvalue weighted by Crippen LogP contribution is 2.26. The molecule has 1 amide bonds. The lowest BCUT2D eigenvalue weighted by Crippen LogP contribution is -2.13. The predicted octanol–water partition coefficient (Wildman–Crippen LogP) is 0.690. The summed E-state index contributed by atoms with van der Waals surface area (Å²) in [5.74, 6) is -0.304. The van der Waals surface area contributed by atoms with Crippen molar-refractivity contribution in [2.24, 2.45) is 5.73 Å². The second kappa shape index (κ2) is 3.49. The van der Waals surface area contributed by atoms with Crippen molar-refractivity contribution in [1.29, 1.82) is 0 Å². The van der Waals surface area contributed by atoms with Crippen LogP contribution in [0.3, 0.4) is 0 Å². The molecule has 0 spiro atoms. The van der Waals surface area contributed by atoms with Gasteiger partial charge in [-0.15, -0.1) is 11.3 Å². The monoisotopic (exact) mass is 210 g/mol. The van der Waals surface area contributed by atoms with Crippen LogP contribution in [0.25, 0.3) is 0 Å². The maximum Gasteiger partial charge on any atom is 0.224 e. The number of aryl methyl sites for hydroxylation is 1. The van der Waals surface area contributed by atoms with Gasteiger partial charge in [0.2, 0.25) is 5.91 Å². The number of nitrogens with zero attached hydrogens (tertiary/aromatic N) is 1. The van der Waals surface area contributed by atoms with Crippen LogP contribution in [0.4, 0.5) is 0 Å². The van der Waals surface area contributed by atoms with E-state index in [9.17, 15) is 9.59 Å². The number of ketones is 1. The predicted molar refractivity (Wildman–Crippen MR) is 52.3 cm³/mol. The van der Waals surface area contributed by atoms with Crippen molar-refractivity contribution in [2.45, 2.75) is 25.7 Å². The van der Waals surface area contributed by atoms with Gasteiger partial charge in [-0.25, -0.2) is 4.98 Å². The molecule has 0 aliphatic heterocycles. The smallest absolute Gasteiger partial charge is 0.224 e. The van der Waals surface area contributed by atoms with Crippen LogP contribution >= 0.6 is 11.3 Å². The van der Waals surface area contributed by atoms with Crippen molar-refractivity contribution in [3.05, 3.63) is 15.6 Å². The molecule has 0 atom stereocenters. The van der Waals surface area contributed by atoms with E-state index in [4.69, 9.17) is 5.73 Å². The second-order valence-corrected chi connectivity index (χ2v) is 4.47. The first-order valence-electron chi connectivity index (χ1n) is 4.47. The summed E-state index contributed by atoms with van der Waals surface area (Å²) >= 11 is 1.43. The molecular weight excluding hydrogens is 200 g/mol. The van der Waals surface area contributed by atoms with Gasteiger partial charge in [-0.2, -0.15) is 0 Å². The maximum absolute atomic E-state index is 11.4. The minimum atomic E-state index is -0.399. The van der Waals surface area contributed by atoms with Gasteiger partial charge in [-0.3, -0.25) is 9.59 Å². The molecule has 1 aromatic rings. The number of primary amides is 1. The Labute approximate surface area is 85.1 Å². The van der Waals surface area contributed by atoms with Crippen LogP contribution < -0.4 is 5.73 Å². The molecule has 0 bridgehead atoms. The van der Waals surface area contributed by atoms with Crippen LogP contribution in [0, 0.1) is 0 Å². The lowest BCUT2D eigenvalue weighted by molar-refractivity contribution is -0.117. The minimum Gasteiger partial charge on any atom is -0.369 e. The van der Waals surface area contributed by atoms with Gasteiger partial charge in [0.05, 0.1) is 6.42 Å². The van der Waals surface area contributed by atoms with E-state index in [1.165, 1.54) is 11.3 Å². The molecule has 4 nitrogen and oxygen atoms in total. The third-order valence-corrected chi connectivity index (χ3v) is 3.25. The van der Waals surface area contributed by atoms with Crippen molar-refractivity contribution in [3.8, 4) is 0 Å². The normalized spacial score (nSPS) is 15.3. The van der Waals surface area contributed by atoms with E-state index < -0.39 is 5.91 Å². The number of rotatable bonds is 2. The van der Waals surface area contributed by atoms with Gasteiger partial charge in [-0.1, -0.05) is 0 Å². The number of amides is 1. The number of aromatic nitrogens is 1. The number of hydrogen-bond donors (Lipinski definition) is 1. The Bertz CT molecular complexity index is 398. The molecule has 1 aromatic heterocycles. The number of fused-ring (bicyclic) bond motifs is 1. The van der Waals surface area contributed by atoms with E-state index in [0.29, 0.717) is 17.1 Å². The van der Waals surface area contributed by atoms with E-state index in [2.05, 4.69) is 4.98 Å². The highest BCUT2D eigenvalue weighted by Gasteiger charge is 2.22. The molecular formula is C9H10N2O2S. The van der Waals surface area contributed by atoms with Gasteiger partial charge in [0.15, 0.2) is 5.78 Å². The van der Waals surface area contributed by atoms with Crippen LogP contribution in [0.15, 0.2) is 0 Å². The summed E-state index contributed by atoms with van der Waals surface area (Å²) in [6, 6.07) is 0. The van der Waals surface area contributed by atoms with E-state index in [-0.39, 0.29) is 12.2 Å². The van der Waals surface area contributed by atoms with Gasteiger partial charge in [0.25, 0.3) is 0 Å². The zero-order valence-corrected chi connectivity index (χ0v) is 8.39. The van der Waals surface area contributed by atoms with Gasteiger partial charge >= 0.3 is 0 Å². The highest BCUT2D eigenvalue weighted by atomic mass is 32.1. The fourth-order valence-electron chi connectivity index (χ4n) is 1.54. The molecule has 5 heteroatoms. The summed E-state index contributed by atoms with van der Waals surface area (Å²) in [5.41, 5.74) is 5.63. The summed E-state index contributed by atoms with van der Waals surface area (Å²) in [6.45, 7) is 0. The summed E-state index contributed by atoms with van der Waals surface area (Å²) in [7, 11) is 0. The fraction of sp³-hybridized carbons (Fsp3) is 0.444. The number of carbonyl (C=O) groups excluding carboxylic acids is 2. The number of nitrogens with two attached hydrogens (primary N) is 1. The molecule has 74 valence electrons. The largest absolute Gasteiger partial charge is 0.369 e. The van der Waals surface area contributed by atoms with Gasteiger partial charge < -0.3 is 5.73 Å². The molecule has 0 saturated carbocycles. The first kappa shape index (κ1) is 9.33. The highest BCUT2D eigenvalue weighted by molar-refractivity contribution is 7.12. The lowest BCUT2D eigenvalue weighted by Gasteiger charge is -2.06. The average Bonchev–Trinajstić information content (AvgIpc) is 2.47. The van der Waals surface area contributed by atoms with Crippen molar-refractivity contribution in [3.63, 3.8) is 0 Å². The Balaban J connectivity index is 2.30.